The Hall–Kier alpha value is -2.82. The monoisotopic (exact) mass is 365 g/mol. The summed E-state index contributed by atoms with van der Waals surface area (Å²) in [6.07, 6.45) is 1.05. The minimum absolute atomic E-state index is 0.0646. The maximum absolute atomic E-state index is 12.7. The molecule has 1 aliphatic heterocycles. The van der Waals surface area contributed by atoms with Gasteiger partial charge in [-0.05, 0) is 61.4 Å². The van der Waals surface area contributed by atoms with Gasteiger partial charge in [-0.3, -0.25) is 9.59 Å². The van der Waals surface area contributed by atoms with E-state index in [-0.39, 0.29) is 18.4 Å². The molecule has 0 saturated heterocycles. The van der Waals surface area contributed by atoms with Crippen molar-refractivity contribution in [3.63, 3.8) is 0 Å². The Morgan fingerprint density at radius 3 is 2.56 bits per heavy atom. The Morgan fingerprint density at radius 1 is 1.15 bits per heavy atom. The molecular formula is C22H27N3O2. The van der Waals surface area contributed by atoms with Gasteiger partial charge in [0, 0.05) is 12.2 Å². The average Bonchev–Trinajstić information content (AvgIpc) is 2.63. The molecule has 1 unspecified atom stereocenters. The van der Waals surface area contributed by atoms with Gasteiger partial charge in [-0.1, -0.05) is 31.2 Å². The molecule has 2 aromatic rings. The fourth-order valence-electron chi connectivity index (χ4n) is 3.60. The number of hydrogen-bond acceptors (Lipinski definition) is 3. The summed E-state index contributed by atoms with van der Waals surface area (Å²) >= 11 is 0. The zero-order valence-corrected chi connectivity index (χ0v) is 16.4. The third-order valence-corrected chi connectivity index (χ3v) is 5.12. The van der Waals surface area contributed by atoms with Crippen molar-refractivity contribution >= 4 is 23.2 Å². The molecule has 1 aliphatic rings. The molecule has 0 radical (unpaired) electrons. The van der Waals surface area contributed by atoms with Gasteiger partial charge in [0.25, 0.3) is 5.91 Å². The van der Waals surface area contributed by atoms with Crippen molar-refractivity contribution in [3.05, 3.63) is 58.1 Å². The van der Waals surface area contributed by atoms with Crippen LogP contribution in [0, 0.1) is 20.8 Å². The quantitative estimate of drug-likeness (QED) is 0.770. The van der Waals surface area contributed by atoms with Crippen molar-refractivity contribution in [2.75, 3.05) is 23.7 Å². The summed E-state index contributed by atoms with van der Waals surface area (Å²) < 4.78 is 0. The smallest absolute Gasteiger partial charge is 0.253 e. The van der Waals surface area contributed by atoms with E-state index in [0.717, 1.165) is 41.0 Å². The summed E-state index contributed by atoms with van der Waals surface area (Å²) in [4.78, 5) is 25.1. The molecule has 5 nitrogen and oxygen atoms in total. The number of fused-ring (bicyclic) bond motifs is 1. The summed E-state index contributed by atoms with van der Waals surface area (Å²) in [5.41, 5.74) is 6.53. The highest BCUT2D eigenvalue weighted by molar-refractivity contribution is 6.03. The summed E-state index contributed by atoms with van der Waals surface area (Å²) in [5, 5.41) is 9.01. The highest BCUT2D eigenvalue weighted by Crippen LogP contribution is 2.34. The molecule has 5 heteroatoms. The normalized spacial score (nSPS) is 15.5. The lowest BCUT2D eigenvalue weighted by Crippen LogP contribution is -2.34. The fourth-order valence-corrected chi connectivity index (χ4v) is 3.60. The van der Waals surface area contributed by atoms with Gasteiger partial charge in [-0.2, -0.15) is 0 Å². The second-order valence-electron chi connectivity index (χ2n) is 7.39. The molecule has 2 aromatic carbocycles. The van der Waals surface area contributed by atoms with E-state index >= 15 is 0 Å². The molecule has 0 aliphatic carbocycles. The Kier molecular flexibility index (Phi) is 5.49. The first-order chi connectivity index (χ1) is 12.9. The number of benzene rings is 2. The molecule has 1 atom stereocenters. The number of aryl methyl sites for hydroxylation is 3. The molecule has 0 aromatic heterocycles. The standard InChI is InChI=1S/C22H27N3O2/c1-13-10-17-14(2)8-9-23-21(17)18(11-13)22(27)24-12-19(26)25-20-15(3)6-5-7-16(20)4/h5-7,10-11,14,23H,8-9,12H2,1-4H3,(H,24,27)(H,25,26). The number of rotatable bonds is 4. The van der Waals surface area contributed by atoms with Gasteiger partial charge in [0.05, 0.1) is 17.8 Å². The van der Waals surface area contributed by atoms with E-state index in [1.54, 1.807) is 0 Å². The lowest BCUT2D eigenvalue weighted by molar-refractivity contribution is -0.115. The first-order valence-electron chi connectivity index (χ1n) is 9.39. The minimum atomic E-state index is -0.233. The number of carbonyl (C=O) groups excluding carboxylic acids is 2. The first kappa shape index (κ1) is 19.0. The molecule has 0 fully saturated rings. The lowest BCUT2D eigenvalue weighted by atomic mass is 9.89. The van der Waals surface area contributed by atoms with E-state index in [1.807, 2.05) is 45.0 Å². The summed E-state index contributed by atoms with van der Waals surface area (Å²) in [5.74, 6) is -0.0446. The maximum atomic E-state index is 12.7. The molecule has 0 bridgehead atoms. The van der Waals surface area contributed by atoms with E-state index in [4.69, 9.17) is 0 Å². The van der Waals surface area contributed by atoms with Crippen LogP contribution in [0.15, 0.2) is 30.3 Å². The van der Waals surface area contributed by atoms with Crippen molar-refractivity contribution < 1.29 is 9.59 Å². The van der Waals surface area contributed by atoms with Gasteiger partial charge < -0.3 is 16.0 Å². The van der Waals surface area contributed by atoms with E-state index in [2.05, 4.69) is 28.9 Å². The molecule has 1 heterocycles. The van der Waals surface area contributed by atoms with Crippen molar-refractivity contribution in [2.45, 2.75) is 40.0 Å². The van der Waals surface area contributed by atoms with Crippen molar-refractivity contribution in [1.82, 2.24) is 5.32 Å². The molecular weight excluding hydrogens is 338 g/mol. The van der Waals surface area contributed by atoms with Gasteiger partial charge >= 0.3 is 0 Å². The largest absolute Gasteiger partial charge is 0.384 e. The van der Waals surface area contributed by atoms with Crippen LogP contribution in [0.2, 0.25) is 0 Å². The predicted molar refractivity (Wildman–Crippen MR) is 110 cm³/mol. The number of anilines is 2. The third kappa shape index (κ3) is 4.13. The SMILES string of the molecule is Cc1cc(C(=O)NCC(=O)Nc2c(C)cccc2C)c2c(c1)C(C)CCN2. The molecule has 142 valence electrons. The van der Waals surface area contributed by atoms with Gasteiger partial charge in [-0.25, -0.2) is 0 Å². The Labute approximate surface area is 160 Å². The van der Waals surface area contributed by atoms with E-state index in [0.29, 0.717) is 11.5 Å². The maximum Gasteiger partial charge on any atom is 0.253 e. The lowest BCUT2D eigenvalue weighted by Gasteiger charge is -2.26. The van der Waals surface area contributed by atoms with Crippen molar-refractivity contribution in [3.8, 4) is 0 Å². The second kappa shape index (κ2) is 7.82. The van der Waals surface area contributed by atoms with Gasteiger partial charge in [-0.15, -0.1) is 0 Å². The third-order valence-electron chi connectivity index (χ3n) is 5.12. The molecule has 2 amide bonds. The number of amides is 2. The molecule has 0 saturated carbocycles. The van der Waals surface area contributed by atoms with Crippen molar-refractivity contribution in [1.29, 1.82) is 0 Å². The van der Waals surface area contributed by atoms with E-state index < -0.39 is 0 Å². The van der Waals surface area contributed by atoms with Gasteiger partial charge in [0.15, 0.2) is 0 Å². The Bertz CT molecular complexity index is 869. The first-order valence-corrected chi connectivity index (χ1v) is 9.39. The number of nitrogens with one attached hydrogen (secondary N) is 3. The second-order valence-corrected chi connectivity index (χ2v) is 7.39. The van der Waals surface area contributed by atoms with Crippen LogP contribution < -0.4 is 16.0 Å². The van der Waals surface area contributed by atoms with Crippen LogP contribution in [0.4, 0.5) is 11.4 Å². The van der Waals surface area contributed by atoms with Crippen LogP contribution in [0.3, 0.4) is 0 Å². The van der Waals surface area contributed by atoms with Crippen LogP contribution in [-0.4, -0.2) is 24.9 Å². The number of para-hydroxylation sites is 1. The minimum Gasteiger partial charge on any atom is -0.384 e. The van der Waals surface area contributed by atoms with Gasteiger partial charge in [0.1, 0.15) is 0 Å². The van der Waals surface area contributed by atoms with E-state index in [1.165, 1.54) is 5.56 Å². The van der Waals surface area contributed by atoms with E-state index in [9.17, 15) is 9.59 Å². The number of hydrogen-bond donors (Lipinski definition) is 3. The fraction of sp³-hybridized carbons (Fsp3) is 0.364. The Balaban J connectivity index is 1.70. The van der Waals surface area contributed by atoms with Crippen LogP contribution in [0.1, 0.15) is 51.9 Å². The predicted octanol–water partition coefficient (Wildman–Crippen LogP) is 3.90. The van der Waals surface area contributed by atoms with Crippen molar-refractivity contribution in [2.24, 2.45) is 0 Å². The number of carbonyl (C=O) groups is 2. The van der Waals surface area contributed by atoms with Gasteiger partial charge in [0.2, 0.25) is 5.91 Å². The summed E-state index contributed by atoms with van der Waals surface area (Å²) in [7, 11) is 0. The van der Waals surface area contributed by atoms with Crippen LogP contribution in [0.25, 0.3) is 0 Å². The van der Waals surface area contributed by atoms with Crippen LogP contribution >= 0.6 is 0 Å². The molecule has 0 spiro atoms. The summed E-state index contributed by atoms with van der Waals surface area (Å²) in [6.45, 7) is 8.86. The summed E-state index contributed by atoms with van der Waals surface area (Å²) in [6, 6.07) is 9.87. The topological polar surface area (TPSA) is 70.2 Å². The Morgan fingerprint density at radius 2 is 1.85 bits per heavy atom. The van der Waals surface area contributed by atoms with Crippen LogP contribution in [-0.2, 0) is 4.79 Å². The highest BCUT2D eigenvalue weighted by atomic mass is 16.2. The average molecular weight is 365 g/mol. The zero-order chi connectivity index (χ0) is 19.6. The molecule has 27 heavy (non-hydrogen) atoms. The molecule has 3 rings (SSSR count). The molecule has 3 N–H and O–H groups in total. The zero-order valence-electron chi connectivity index (χ0n) is 16.4. The van der Waals surface area contributed by atoms with Crippen LogP contribution in [0.5, 0.6) is 0 Å². The highest BCUT2D eigenvalue weighted by Gasteiger charge is 2.22.